The lowest BCUT2D eigenvalue weighted by Gasteiger charge is -2.30. The number of non-ortho nitro benzene ring substituents is 1. The van der Waals surface area contributed by atoms with Crippen molar-refractivity contribution in [2.24, 2.45) is 5.92 Å². The van der Waals surface area contributed by atoms with Gasteiger partial charge in [-0.15, -0.1) is 11.3 Å². The quantitative estimate of drug-likeness (QED) is 0.582. The maximum absolute atomic E-state index is 12.7. The second-order valence-corrected chi connectivity index (χ2v) is 9.20. The highest BCUT2D eigenvalue weighted by molar-refractivity contribution is 7.89. The van der Waals surface area contributed by atoms with Crippen molar-refractivity contribution in [1.29, 1.82) is 0 Å². The molecule has 0 radical (unpaired) electrons. The van der Waals surface area contributed by atoms with Crippen molar-refractivity contribution in [2.45, 2.75) is 24.3 Å². The zero-order chi connectivity index (χ0) is 19.4. The van der Waals surface area contributed by atoms with Gasteiger partial charge in [0.1, 0.15) is 0 Å². The van der Waals surface area contributed by atoms with Gasteiger partial charge in [0, 0.05) is 36.0 Å². The summed E-state index contributed by atoms with van der Waals surface area (Å²) in [6.07, 6.45) is 0.894. The Morgan fingerprint density at radius 1 is 1.22 bits per heavy atom. The van der Waals surface area contributed by atoms with Gasteiger partial charge < -0.3 is 5.32 Å². The zero-order valence-electron chi connectivity index (χ0n) is 14.4. The fourth-order valence-corrected chi connectivity index (χ4v) is 5.09. The number of sulfonamides is 1. The monoisotopic (exact) mass is 409 g/mol. The molecule has 27 heavy (non-hydrogen) atoms. The van der Waals surface area contributed by atoms with Crippen molar-refractivity contribution in [3.8, 4) is 0 Å². The van der Waals surface area contributed by atoms with Gasteiger partial charge in [0.2, 0.25) is 15.9 Å². The fourth-order valence-electron chi connectivity index (χ4n) is 2.98. The predicted molar refractivity (Wildman–Crippen MR) is 101 cm³/mol. The third-order valence-electron chi connectivity index (χ3n) is 4.53. The summed E-state index contributed by atoms with van der Waals surface area (Å²) in [6.45, 7) is 0.977. The highest BCUT2D eigenvalue weighted by atomic mass is 32.2. The van der Waals surface area contributed by atoms with Crippen LogP contribution in [0.3, 0.4) is 0 Å². The van der Waals surface area contributed by atoms with E-state index in [2.05, 4.69) is 5.32 Å². The van der Waals surface area contributed by atoms with E-state index in [1.807, 2.05) is 17.5 Å². The predicted octanol–water partition coefficient (Wildman–Crippen LogP) is 2.37. The lowest BCUT2D eigenvalue weighted by Crippen LogP contribution is -2.42. The second kappa shape index (κ2) is 8.15. The van der Waals surface area contributed by atoms with Crippen LogP contribution in [0.15, 0.2) is 46.7 Å². The van der Waals surface area contributed by atoms with E-state index < -0.39 is 14.9 Å². The Morgan fingerprint density at radius 2 is 1.89 bits per heavy atom. The molecule has 0 spiro atoms. The summed E-state index contributed by atoms with van der Waals surface area (Å²) in [5.74, 6) is -0.274. The number of nitrogens with one attached hydrogen (secondary N) is 1. The first kappa shape index (κ1) is 19.5. The van der Waals surface area contributed by atoms with Gasteiger partial charge in [-0.25, -0.2) is 8.42 Å². The van der Waals surface area contributed by atoms with Gasteiger partial charge in [0.25, 0.3) is 5.69 Å². The van der Waals surface area contributed by atoms with Crippen molar-refractivity contribution >= 4 is 33.0 Å². The maximum Gasteiger partial charge on any atom is 0.269 e. The number of amides is 1. The number of carbonyl (C=O) groups is 1. The number of nitrogens with zero attached hydrogens (tertiary/aromatic N) is 2. The van der Waals surface area contributed by atoms with Crippen LogP contribution in [0.5, 0.6) is 0 Å². The minimum atomic E-state index is -3.72. The van der Waals surface area contributed by atoms with E-state index >= 15 is 0 Å². The van der Waals surface area contributed by atoms with Gasteiger partial charge in [-0.05, 0) is 36.4 Å². The number of hydrogen-bond acceptors (Lipinski definition) is 6. The molecule has 8 nitrogen and oxygen atoms in total. The molecule has 0 bridgehead atoms. The van der Waals surface area contributed by atoms with E-state index in [-0.39, 0.29) is 35.5 Å². The number of rotatable bonds is 6. The molecule has 2 aromatic rings. The summed E-state index contributed by atoms with van der Waals surface area (Å²) in [6, 6.07) is 8.72. The molecule has 1 aromatic carbocycles. The largest absolute Gasteiger partial charge is 0.351 e. The zero-order valence-corrected chi connectivity index (χ0v) is 16.0. The van der Waals surface area contributed by atoms with E-state index in [4.69, 9.17) is 0 Å². The van der Waals surface area contributed by atoms with Crippen molar-refractivity contribution in [1.82, 2.24) is 9.62 Å². The Labute approximate surface area is 161 Å². The molecule has 10 heteroatoms. The third-order valence-corrected chi connectivity index (χ3v) is 7.32. The van der Waals surface area contributed by atoms with Crippen molar-refractivity contribution in [2.75, 3.05) is 13.1 Å². The number of carbonyl (C=O) groups excluding carboxylic acids is 1. The molecule has 3 rings (SSSR count). The van der Waals surface area contributed by atoms with Gasteiger partial charge in [-0.1, -0.05) is 6.07 Å². The molecule has 2 heterocycles. The van der Waals surface area contributed by atoms with Gasteiger partial charge in [-0.2, -0.15) is 4.31 Å². The smallest absolute Gasteiger partial charge is 0.269 e. The number of nitro benzene ring substituents is 1. The van der Waals surface area contributed by atoms with Crippen LogP contribution < -0.4 is 5.32 Å². The SMILES string of the molecule is O=C(NCc1cccs1)C1CCN(S(=O)(=O)c2ccc([N+](=O)[O-])cc2)CC1. The first-order chi connectivity index (χ1) is 12.9. The van der Waals surface area contributed by atoms with E-state index in [1.54, 1.807) is 11.3 Å². The topological polar surface area (TPSA) is 110 Å². The lowest BCUT2D eigenvalue weighted by atomic mass is 9.97. The molecule has 0 aliphatic carbocycles. The molecule has 0 atom stereocenters. The van der Waals surface area contributed by atoms with Gasteiger partial charge in [0.05, 0.1) is 16.4 Å². The minimum absolute atomic E-state index is 0.0219. The molecule has 1 amide bonds. The molecule has 1 aliphatic heterocycles. The van der Waals surface area contributed by atoms with Crippen LogP contribution in [-0.2, 0) is 21.4 Å². The summed E-state index contributed by atoms with van der Waals surface area (Å²) in [5.41, 5.74) is -0.157. The van der Waals surface area contributed by atoms with Crippen LogP contribution in [-0.4, -0.2) is 36.6 Å². The molecule has 0 unspecified atom stereocenters. The first-order valence-electron chi connectivity index (χ1n) is 8.42. The third kappa shape index (κ3) is 4.52. The normalized spacial score (nSPS) is 16.1. The highest BCUT2D eigenvalue weighted by Gasteiger charge is 2.32. The average molecular weight is 409 g/mol. The molecule has 144 valence electrons. The van der Waals surface area contributed by atoms with E-state index in [0.717, 1.165) is 4.88 Å². The molecular weight excluding hydrogens is 390 g/mol. The summed E-state index contributed by atoms with van der Waals surface area (Å²) in [7, 11) is -3.72. The molecule has 1 fully saturated rings. The molecule has 0 saturated carbocycles. The minimum Gasteiger partial charge on any atom is -0.351 e. The van der Waals surface area contributed by atoms with Gasteiger partial charge in [-0.3, -0.25) is 14.9 Å². The van der Waals surface area contributed by atoms with E-state index in [1.165, 1.54) is 28.6 Å². The second-order valence-electron chi connectivity index (χ2n) is 6.23. The fraction of sp³-hybridized carbons (Fsp3) is 0.353. The molecule has 1 aromatic heterocycles. The number of nitro groups is 1. The Hall–Kier alpha value is -2.30. The van der Waals surface area contributed by atoms with E-state index in [9.17, 15) is 23.3 Å². The van der Waals surface area contributed by atoms with E-state index in [0.29, 0.717) is 19.4 Å². The average Bonchev–Trinajstić information content (AvgIpc) is 3.20. The Kier molecular flexibility index (Phi) is 5.88. The van der Waals surface area contributed by atoms with Crippen LogP contribution in [0.4, 0.5) is 5.69 Å². The van der Waals surface area contributed by atoms with Gasteiger partial charge >= 0.3 is 0 Å². The summed E-state index contributed by atoms with van der Waals surface area (Å²) < 4.78 is 26.7. The number of hydrogen-bond donors (Lipinski definition) is 1. The molecule has 1 saturated heterocycles. The number of benzene rings is 1. The van der Waals surface area contributed by atoms with Crippen LogP contribution in [0, 0.1) is 16.0 Å². The van der Waals surface area contributed by atoms with Crippen molar-refractivity contribution in [3.05, 3.63) is 56.8 Å². The first-order valence-corrected chi connectivity index (χ1v) is 10.7. The van der Waals surface area contributed by atoms with Crippen molar-refractivity contribution < 1.29 is 18.1 Å². The Morgan fingerprint density at radius 3 is 2.44 bits per heavy atom. The molecule has 1 N–H and O–H groups in total. The van der Waals surface area contributed by atoms with Crippen LogP contribution in [0.1, 0.15) is 17.7 Å². The standard InChI is InChI=1S/C17H19N3O5S2/c21-17(18-12-15-2-1-11-26-15)13-7-9-19(10-8-13)27(24,25)16-5-3-14(4-6-16)20(22)23/h1-6,11,13H,7-10,12H2,(H,18,21). The number of thiophene rings is 1. The summed E-state index contributed by atoms with van der Waals surface area (Å²) >= 11 is 1.57. The van der Waals surface area contributed by atoms with Crippen LogP contribution >= 0.6 is 11.3 Å². The molecule has 1 aliphatic rings. The highest BCUT2D eigenvalue weighted by Crippen LogP contribution is 2.25. The lowest BCUT2D eigenvalue weighted by molar-refractivity contribution is -0.384. The summed E-state index contributed by atoms with van der Waals surface area (Å²) in [4.78, 5) is 23.5. The van der Waals surface area contributed by atoms with Crippen molar-refractivity contribution in [3.63, 3.8) is 0 Å². The van der Waals surface area contributed by atoms with Crippen LogP contribution in [0.25, 0.3) is 0 Å². The maximum atomic E-state index is 12.7. The Bertz CT molecular complexity index is 903. The number of piperidine rings is 1. The van der Waals surface area contributed by atoms with Gasteiger partial charge in [0.15, 0.2) is 0 Å². The van der Waals surface area contributed by atoms with Crippen LogP contribution in [0.2, 0.25) is 0 Å². The summed E-state index contributed by atoms with van der Waals surface area (Å²) in [5, 5.41) is 15.5. The Balaban J connectivity index is 1.57. The molecular formula is C17H19N3O5S2.